The van der Waals surface area contributed by atoms with Crippen molar-refractivity contribution < 1.29 is 18.7 Å². The van der Waals surface area contributed by atoms with Gasteiger partial charge in [-0.25, -0.2) is 0 Å². The van der Waals surface area contributed by atoms with Crippen LogP contribution in [-0.2, 0) is 9.47 Å². The van der Waals surface area contributed by atoms with Crippen LogP contribution >= 0.6 is 0 Å². The minimum Gasteiger partial charge on any atom is -0.417 e. The van der Waals surface area contributed by atoms with E-state index in [-0.39, 0.29) is 19.8 Å². The molecule has 0 aromatic heterocycles. The van der Waals surface area contributed by atoms with E-state index in [4.69, 9.17) is 4.74 Å². The zero-order valence-electron chi connectivity index (χ0n) is 6.96. The van der Waals surface area contributed by atoms with Crippen molar-refractivity contribution in [2.75, 3.05) is 26.4 Å². The maximum atomic E-state index is 12.9. The van der Waals surface area contributed by atoms with Crippen molar-refractivity contribution in [1.29, 1.82) is 0 Å². The Bertz CT molecular complexity index is 165. The predicted octanol–water partition coefficient (Wildman–Crippen LogP) is 0.609. The van der Waals surface area contributed by atoms with E-state index in [9.17, 15) is 9.18 Å². The molecule has 5 heteroatoms. The van der Waals surface area contributed by atoms with Gasteiger partial charge in [0.15, 0.2) is 6.54 Å². The zero-order valence-corrected chi connectivity index (χ0v) is 6.96. The Morgan fingerprint density at radius 2 is 2.58 bits per heavy atom. The lowest BCUT2D eigenvalue weighted by atomic mass is 10.4. The van der Waals surface area contributed by atoms with Crippen LogP contribution in [0.25, 0.3) is 0 Å². The molecule has 0 bridgehead atoms. The highest BCUT2D eigenvalue weighted by Crippen LogP contribution is 2.05. The minimum absolute atomic E-state index is 0.0567. The fourth-order valence-electron chi connectivity index (χ4n) is 0.986. The van der Waals surface area contributed by atoms with Crippen LogP contribution in [0.15, 0.2) is 0 Å². The first kappa shape index (κ1) is 9.41. The van der Waals surface area contributed by atoms with Gasteiger partial charge in [-0.1, -0.05) is 0 Å². The minimum atomic E-state index is -1.36. The highest BCUT2D eigenvalue weighted by atomic mass is 19.1. The van der Waals surface area contributed by atoms with E-state index >= 15 is 0 Å². The van der Waals surface area contributed by atoms with Crippen LogP contribution in [0.4, 0.5) is 9.18 Å². The molecule has 1 unspecified atom stereocenters. The van der Waals surface area contributed by atoms with Crippen LogP contribution in [0.2, 0.25) is 0 Å². The molecule has 69 valence electrons. The van der Waals surface area contributed by atoms with Crippen molar-refractivity contribution in [2.24, 2.45) is 0 Å². The summed E-state index contributed by atoms with van der Waals surface area (Å²) in [6, 6.07) is 0. The maximum Gasteiger partial charge on any atom is 0.568 e. The number of carbonyl (C=O) groups excluding carboxylic acids is 1. The number of ether oxygens (including phenoxy) is 2. The molecule has 1 amide bonds. The number of alkyl halides is 1. The van der Waals surface area contributed by atoms with Gasteiger partial charge in [-0.2, -0.15) is 9.18 Å². The SMILES string of the molecule is CCOC(=O)[N+]1CCOCC1F. The molecular formula is C7H12FNO3+. The highest BCUT2D eigenvalue weighted by molar-refractivity contribution is 5.70. The molecule has 4 nitrogen and oxygen atoms in total. The van der Waals surface area contributed by atoms with Crippen LogP contribution in [0.5, 0.6) is 0 Å². The maximum absolute atomic E-state index is 12.9. The normalized spacial score (nSPS) is 25.3. The van der Waals surface area contributed by atoms with Crippen LogP contribution in [-0.4, -0.2) is 38.8 Å². The van der Waals surface area contributed by atoms with Crippen molar-refractivity contribution in [3.63, 3.8) is 0 Å². The average molecular weight is 177 g/mol. The summed E-state index contributed by atoms with van der Waals surface area (Å²) in [6.45, 7) is 2.53. The summed E-state index contributed by atoms with van der Waals surface area (Å²) in [4.78, 5) is 12.1. The Kier molecular flexibility index (Phi) is 3.43. The van der Waals surface area contributed by atoms with Crippen molar-refractivity contribution in [3.8, 4) is 0 Å². The van der Waals surface area contributed by atoms with Crippen LogP contribution in [0.1, 0.15) is 6.92 Å². The second-order valence-corrected chi connectivity index (χ2v) is 2.40. The summed E-state index contributed by atoms with van der Waals surface area (Å²) < 4.78 is 22.4. The third-order valence-electron chi connectivity index (χ3n) is 1.57. The average Bonchev–Trinajstić information content (AvgIpc) is 2.05. The van der Waals surface area contributed by atoms with Gasteiger partial charge in [-0.3, -0.25) is 0 Å². The van der Waals surface area contributed by atoms with Gasteiger partial charge in [0.1, 0.15) is 13.2 Å². The van der Waals surface area contributed by atoms with Gasteiger partial charge >= 0.3 is 12.4 Å². The topological polar surface area (TPSA) is 41.4 Å². The molecule has 12 heavy (non-hydrogen) atoms. The lowest BCUT2D eigenvalue weighted by Gasteiger charge is -2.17. The second kappa shape index (κ2) is 4.37. The summed E-state index contributed by atoms with van der Waals surface area (Å²) in [6.07, 6.45) is -1.97. The molecule has 1 aliphatic rings. The molecule has 0 aliphatic carbocycles. The molecule has 1 radical (unpaired) electrons. The third-order valence-corrected chi connectivity index (χ3v) is 1.57. The number of hydrogen-bond donors (Lipinski definition) is 0. The summed E-state index contributed by atoms with van der Waals surface area (Å²) in [7, 11) is 0. The van der Waals surface area contributed by atoms with E-state index < -0.39 is 12.4 Å². The lowest BCUT2D eigenvalue weighted by molar-refractivity contribution is -0.0161. The lowest BCUT2D eigenvalue weighted by Crippen LogP contribution is -2.51. The molecule has 0 saturated carbocycles. The van der Waals surface area contributed by atoms with E-state index in [0.29, 0.717) is 6.61 Å². The van der Waals surface area contributed by atoms with Gasteiger partial charge in [0.25, 0.3) is 0 Å². The number of nitrogens with zero attached hydrogens (tertiary/aromatic N) is 1. The molecular weight excluding hydrogens is 165 g/mol. The second-order valence-electron chi connectivity index (χ2n) is 2.40. The van der Waals surface area contributed by atoms with Gasteiger partial charge in [0.05, 0.1) is 6.61 Å². The van der Waals surface area contributed by atoms with Gasteiger partial charge in [-0.15, -0.1) is 0 Å². The third kappa shape index (κ3) is 2.15. The van der Waals surface area contributed by atoms with E-state index in [0.717, 1.165) is 4.90 Å². The Labute approximate surface area is 70.2 Å². The molecule has 0 N–H and O–H groups in total. The molecule has 1 fully saturated rings. The Morgan fingerprint density at radius 3 is 3.17 bits per heavy atom. The van der Waals surface area contributed by atoms with Crippen LogP contribution in [0, 0.1) is 0 Å². The number of carbonyl (C=O) groups is 1. The first-order valence-electron chi connectivity index (χ1n) is 3.91. The monoisotopic (exact) mass is 177 g/mol. The first-order chi connectivity index (χ1) is 5.75. The number of rotatable bonds is 1. The van der Waals surface area contributed by atoms with Gasteiger partial charge in [-0.05, 0) is 11.8 Å². The van der Waals surface area contributed by atoms with Crippen molar-refractivity contribution in [2.45, 2.75) is 13.2 Å². The fourth-order valence-corrected chi connectivity index (χ4v) is 0.986. The molecule has 0 spiro atoms. The van der Waals surface area contributed by atoms with Gasteiger partial charge in [0, 0.05) is 0 Å². The summed E-state index contributed by atoms with van der Waals surface area (Å²) >= 11 is 0. The molecule has 0 aromatic carbocycles. The highest BCUT2D eigenvalue weighted by Gasteiger charge is 2.40. The number of amides is 1. The fraction of sp³-hybridized carbons (Fsp3) is 0.857. The van der Waals surface area contributed by atoms with Crippen molar-refractivity contribution in [3.05, 3.63) is 0 Å². The van der Waals surface area contributed by atoms with E-state index in [1.54, 1.807) is 6.92 Å². The number of halogens is 1. The molecule has 1 heterocycles. The molecule has 1 atom stereocenters. The van der Waals surface area contributed by atoms with Gasteiger partial charge < -0.3 is 9.47 Å². The van der Waals surface area contributed by atoms with Crippen molar-refractivity contribution in [1.82, 2.24) is 4.90 Å². The quantitative estimate of drug-likeness (QED) is 0.435. The summed E-state index contributed by atoms with van der Waals surface area (Å²) in [5, 5.41) is 0. The summed E-state index contributed by atoms with van der Waals surface area (Å²) in [5.41, 5.74) is 0. The smallest absolute Gasteiger partial charge is 0.417 e. The predicted molar refractivity (Wildman–Crippen MR) is 39.7 cm³/mol. The number of morpholine rings is 1. The largest absolute Gasteiger partial charge is 0.568 e. The van der Waals surface area contributed by atoms with Gasteiger partial charge in [0.2, 0.25) is 0 Å². The standard InChI is InChI=1S/C7H12FNO3/c1-2-12-7(10)9-3-4-11-5-6(9)8/h6H,2-5H2,1H3/q+1. The Balaban J connectivity index is 2.42. The molecule has 1 aliphatic heterocycles. The van der Waals surface area contributed by atoms with Crippen molar-refractivity contribution >= 4 is 6.09 Å². The zero-order chi connectivity index (χ0) is 8.97. The summed E-state index contributed by atoms with van der Waals surface area (Å²) in [5.74, 6) is 0. The Morgan fingerprint density at radius 1 is 1.83 bits per heavy atom. The first-order valence-corrected chi connectivity index (χ1v) is 3.91. The van der Waals surface area contributed by atoms with E-state index in [1.807, 2.05) is 0 Å². The molecule has 1 saturated heterocycles. The molecule has 0 aromatic rings. The van der Waals surface area contributed by atoms with Crippen LogP contribution < -0.4 is 4.90 Å². The van der Waals surface area contributed by atoms with E-state index in [2.05, 4.69) is 4.74 Å². The number of hydrogen-bond acceptors (Lipinski definition) is 3. The van der Waals surface area contributed by atoms with Crippen LogP contribution in [0.3, 0.4) is 0 Å². The molecule has 1 rings (SSSR count). The Hall–Kier alpha value is -0.680. The van der Waals surface area contributed by atoms with E-state index in [1.165, 1.54) is 0 Å².